The molecule has 0 aromatic heterocycles. The maximum absolute atomic E-state index is 13.1. The fourth-order valence-electron chi connectivity index (χ4n) is 4.58. The number of rotatable bonds is 17. The van der Waals surface area contributed by atoms with Crippen LogP contribution >= 0.6 is 0 Å². The molecule has 1 unspecified atom stereocenters. The molecular formula is C32H50N6O9. The normalized spacial score (nSPS) is 16.0. The highest BCUT2D eigenvalue weighted by Gasteiger charge is 2.32. The molecule has 15 heteroatoms. The van der Waals surface area contributed by atoms with Crippen LogP contribution < -0.4 is 26.6 Å². The van der Waals surface area contributed by atoms with Gasteiger partial charge in [-0.15, -0.1) is 0 Å². The fraction of sp³-hybridized carbons (Fsp3) is 0.625. The monoisotopic (exact) mass is 662 g/mol. The molecule has 1 saturated heterocycles. The summed E-state index contributed by atoms with van der Waals surface area (Å²) in [6.45, 7) is 9.71. The van der Waals surface area contributed by atoms with E-state index >= 15 is 0 Å². The minimum absolute atomic E-state index is 0.0367. The molecule has 3 atom stereocenters. The van der Waals surface area contributed by atoms with E-state index in [0.717, 1.165) is 5.56 Å². The molecule has 0 spiro atoms. The summed E-state index contributed by atoms with van der Waals surface area (Å²) in [6, 6.07) is 6.74. The second-order valence-electron chi connectivity index (χ2n) is 12.7. The van der Waals surface area contributed by atoms with E-state index < -0.39 is 72.7 Å². The zero-order valence-electron chi connectivity index (χ0n) is 27.9. The maximum atomic E-state index is 13.1. The number of carbonyl (C=O) groups is 6. The number of benzene rings is 1. The Labute approximate surface area is 275 Å². The lowest BCUT2D eigenvalue weighted by molar-refractivity contribution is -0.138. The van der Waals surface area contributed by atoms with E-state index in [-0.39, 0.29) is 31.7 Å². The molecule has 0 saturated carbocycles. The van der Waals surface area contributed by atoms with Crippen molar-refractivity contribution in [2.24, 2.45) is 5.92 Å². The molecule has 47 heavy (non-hydrogen) atoms. The van der Waals surface area contributed by atoms with Crippen LogP contribution in [0.15, 0.2) is 30.3 Å². The number of carboxylic acid groups (broad SMARTS) is 1. The van der Waals surface area contributed by atoms with Crippen LogP contribution in [0.25, 0.3) is 0 Å². The second kappa shape index (κ2) is 19.4. The molecule has 262 valence electrons. The van der Waals surface area contributed by atoms with Gasteiger partial charge in [-0.25, -0.2) is 4.79 Å². The van der Waals surface area contributed by atoms with Gasteiger partial charge in [0.15, 0.2) is 0 Å². The van der Waals surface area contributed by atoms with Crippen molar-refractivity contribution < 1.29 is 43.3 Å². The molecule has 1 aromatic carbocycles. The van der Waals surface area contributed by atoms with Gasteiger partial charge >= 0.3 is 12.1 Å². The molecule has 1 aliphatic rings. The molecule has 0 radical (unpaired) electrons. The maximum Gasteiger partial charge on any atom is 0.412 e. The topological polar surface area (TPSA) is 204 Å². The van der Waals surface area contributed by atoms with Crippen LogP contribution in [0.3, 0.4) is 0 Å². The van der Waals surface area contributed by atoms with Crippen molar-refractivity contribution in [1.29, 1.82) is 0 Å². The third-order valence-corrected chi connectivity index (χ3v) is 6.77. The number of carboxylic acids is 1. The first-order valence-corrected chi connectivity index (χ1v) is 15.9. The number of nitrogens with zero attached hydrogens (tertiary/aromatic N) is 1. The third-order valence-electron chi connectivity index (χ3n) is 6.77. The van der Waals surface area contributed by atoms with Crippen LogP contribution in [0.4, 0.5) is 4.79 Å². The zero-order chi connectivity index (χ0) is 35.0. The summed E-state index contributed by atoms with van der Waals surface area (Å²) < 4.78 is 11.2. The predicted molar refractivity (Wildman–Crippen MR) is 172 cm³/mol. The number of amides is 5. The van der Waals surface area contributed by atoms with Gasteiger partial charge in [-0.05, 0) is 45.2 Å². The summed E-state index contributed by atoms with van der Waals surface area (Å²) in [5.74, 6) is -3.40. The van der Waals surface area contributed by atoms with Crippen molar-refractivity contribution in [2.45, 2.75) is 84.2 Å². The Kier molecular flexibility index (Phi) is 16.1. The highest BCUT2D eigenvalue weighted by Crippen LogP contribution is 2.19. The Morgan fingerprint density at radius 2 is 1.57 bits per heavy atom. The Bertz CT molecular complexity index is 1210. The van der Waals surface area contributed by atoms with Gasteiger partial charge in [-0.3, -0.25) is 28.9 Å². The van der Waals surface area contributed by atoms with Crippen LogP contribution in [-0.4, -0.2) is 109 Å². The van der Waals surface area contributed by atoms with Crippen molar-refractivity contribution in [3.05, 3.63) is 35.9 Å². The standard InChI is InChI=1S/C32H50N6O9/c1-21(2)17-33-18-24(37-25(39)12-13-27-38(14-9-15-46-27)31(45)47-32(3,4)5)30(44)34-19-26(40)36-23(29(43)35-20-28(41)42)16-22-10-7-6-8-11-22/h6-8,10-11,21,23-24,27,33H,9,12-20H2,1-5H3,(H,34,44)(H,35,43)(H,36,40)(H,37,39)(H,41,42)/t23-,24-,27?/m0/s1. The van der Waals surface area contributed by atoms with Crippen molar-refractivity contribution in [3.63, 3.8) is 0 Å². The molecular weight excluding hydrogens is 612 g/mol. The number of aliphatic carboxylic acids is 1. The second-order valence-corrected chi connectivity index (χ2v) is 12.7. The van der Waals surface area contributed by atoms with Gasteiger partial charge < -0.3 is 41.2 Å². The number of ether oxygens (including phenoxy) is 2. The predicted octanol–water partition coefficient (Wildman–Crippen LogP) is 0.525. The molecule has 6 N–H and O–H groups in total. The van der Waals surface area contributed by atoms with Gasteiger partial charge in [0.2, 0.25) is 23.6 Å². The Morgan fingerprint density at radius 1 is 0.936 bits per heavy atom. The van der Waals surface area contributed by atoms with Gasteiger partial charge in [0.05, 0.1) is 13.2 Å². The Hall–Kier alpha value is -4.24. The SMILES string of the molecule is CC(C)CNC[C@H](NC(=O)CCC1OCCCN1C(=O)OC(C)(C)C)C(=O)NCC(=O)N[C@@H](Cc1ccccc1)C(=O)NCC(=O)O. The smallest absolute Gasteiger partial charge is 0.412 e. The third kappa shape index (κ3) is 15.7. The number of carbonyl (C=O) groups excluding carboxylic acids is 5. The average Bonchev–Trinajstić information content (AvgIpc) is 3.00. The molecule has 1 heterocycles. The minimum atomic E-state index is -1.23. The summed E-state index contributed by atoms with van der Waals surface area (Å²) in [4.78, 5) is 76.6. The first-order valence-electron chi connectivity index (χ1n) is 15.9. The van der Waals surface area contributed by atoms with Crippen LogP contribution in [0.2, 0.25) is 0 Å². The van der Waals surface area contributed by atoms with E-state index in [2.05, 4.69) is 26.6 Å². The Morgan fingerprint density at radius 3 is 2.21 bits per heavy atom. The largest absolute Gasteiger partial charge is 0.480 e. The van der Waals surface area contributed by atoms with Crippen LogP contribution in [-0.2, 0) is 39.9 Å². The van der Waals surface area contributed by atoms with E-state index in [1.807, 2.05) is 13.8 Å². The van der Waals surface area contributed by atoms with Gasteiger partial charge in [0.25, 0.3) is 0 Å². The fourth-order valence-corrected chi connectivity index (χ4v) is 4.58. The summed E-state index contributed by atoms with van der Waals surface area (Å²) in [7, 11) is 0. The average molecular weight is 663 g/mol. The quantitative estimate of drug-likeness (QED) is 0.137. The van der Waals surface area contributed by atoms with Crippen molar-refractivity contribution in [1.82, 2.24) is 31.5 Å². The number of hydrogen-bond donors (Lipinski definition) is 6. The van der Waals surface area contributed by atoms with E-state index in [1.54, 1.807) is 51.1 Å². The van der Waals surface area contributed by atoms with E-state index in [0.29, 0.717) is 26.1 Å². The summed E-state index contributed by atoms with van der Waals surface area (Å²) >= 11 is 0. The van der Waals surface area contributed by atoms with Gasteiger partial charge in [-0.2, -0.15) is 0 Å². The van der Waals surface area contributed by atoms with Gasteiger partial charge in [-0.1, -0.05) is 44.2 Å². The van der Waals surface area contributed by atoms with Gasteiger partial charge in [0, 0.05) is 32.4 Å². The molecule has 1 fully saturated rings. The first kappa shape index (κ1) is 38.9. The summed E-state index contributed by atoms with van der Waals surface area (Å²) in [5.41, 5.74) is 0.0473. The molecule has 1 aliphatic heterocycles. The molecule has 15 nitrogen and oxygen atoms in total. The molecule has 1 aromatic rings. The Balaban J connectivity index is 1.99. The zero-order valence-corrected chi connectivity index (χ0v) is 27.9. The van der Waals surface area contributed by atoms with Crippen LogP contribution in [0.5, 0.6) is 0 Å². The molecule has 5 amide bonds. The molecule has 2 rings (SSSR count). The van der Waals surface area contributed by atoms with Crippen LogP contribution in [0.1, 0.15) is 59.4 Å². The highest BCUT2D eigenvalue weighted by atomic mass is 16.6. The summed E-state index contributed by atoms with van der Waals surface area (Å²) in [5, 5.41) is 22.1. The lowest BCUT2D eigenvalue weighted by atomic mass is 10.1. The number of nitrogens with one attached hydrogen (secondary N) is 5. The van der Waals surface area contributed by atoms with Crippen molar-refractivity contribution in [2.75, 3.05) is 39.3 Å². The van der Waals surface area contributed by atoms with E-state index in [1.165, 1.54) is 4.90 Å². The highest BCUT2D eigenvalue weighted by molar-refractivity contribution is 5.93. The first-order chi connectivity index (χ1) is 22.1. The van der Waals surface area contributed by atoms with E-state index in [9.17, 15) is 28.8 Å². The lowest BCUT2D eigenvalue weighted by Crippen LogP contribution is -2.55. The van der Waals surface area contributed by atoms with Gasteiger partial charge in [0.1, 0.15) is 30.5 Å². The summed E-state index contributed by atoms with van der Waals surface area (Å²) in [6.07, 6.45) is -0.296. The van der Waals surface area contributed by atoms with Crippen molar-refractivity contribution in [3.8, 4) is 0 Å². The van der Waals surface area contributed by atoms with Crippen LogP contribution in [0, 0.1) is 5.92 Å². The molecule has 0 aliphatic carbocycles. The number of hydrogen-bond acceptors (Lipinski definition) is 9. The van der Waals surface area contributed by atoms with E-state index in [4.69, 9.17) is 14.6 Å². The molecule has 0 bridgehead atoms. The van der Waals surface area contributed by atoms with Crippen molar-refractivity contribution >= 4 is 35.7 Å². The lowest BCUT2D eigenvalue weighted by Gasteiger charge is -2.36. The minimum Gasteiger partial charge on any atom is -0.480 e.